The predicted molar refractivity (Wildman–Crippen MR) is 106 cm³/mol. The SMILES string of the molecule is Brc1ccc(N(C2=c3ccccc3=CCC2)C2CC=CCC2)cc1. The van der Waals surface area contributed by atoms with Crippen LogP contribution in [0, 0.1) is 0 Å². The summed E-state index contributed by atoms with van der Waals surface area (Å²) in [6.45, 7) is 0. The Bertz CT molecular complexity index is 864. The molecule has 0 fully saturated rings. The van der Waals surface area contributed by atoms with Crippen molar-refractivity contribution in [1.29, 1.82) is 0 Å². The van der Waals surface area contributed by atoms with Crippen molar-refractivity contribution in [3.8, 4) is 0 Å². The molecular formula is C22H22BrN. The van der Waals surface area contributed by atoms with Gasteiger partial charge < -0.3 is 4.90 Å². The lowest BCUT2D eigenvalue weighted by atomic mass is 9.95. The molecule has 0 radical (unpaired) electrons. The third-order valence-corrected chi connectivity index (χ3v) is 5.55. The second kappa shape index (κ2) is 6.98. The smallest absolute Gasteiger partial charge is 0.0411 e. The lowest BCUT2D eigenvalue weighted by molar-refractivity contribution is 0.586. The quantitative estimate of drug-likeness (QED) is 0.695. The maximum Gasteiger partial charge on any atom is 0.0411 e. The molecule has 0 N–H and O–H groups in total. The number of halogens is 1. The van der Waals surface area contributed by atoms with E-state index < -0.39 is 0 Å². The molecule has 0 saturated carbocycles. The highest BCUT2D eigenvalue weighted by atomic mass is 79.9. The Kier molecular flexibility index (Phi) is 4.57. The van der Waals surface area contributed by atoms with Gasteiger partial charge in [0.15, 0.2) is 0 Å². The molecule has 0 amide bonds. The second-order valence-corrected chi connectivity index (χ2v) is 7.48. The summed E-state index contributed by atoms with van der Waals surface area (Å²) in [4.78, 5) is 2.61. The fraction of sp³-hybridized carbons (Fsp3) is 0.273. The van der Waals surface area contributed by atoms with Crippen LogP contribution < -0.4 is 15.3 Å². The van der Waals surface area contributed by atoms with Crippen LogP contribution in [0.1, 0.15) is 32.1 Å². The Morgan fingerprint density at radius 2 is 1.75 bits per heavy atom. The van der Waals surface area contributed by atoms with Crippen molar-refractivity contribution in [1.82, 2.24) is 0 Å². The molecule has 0 heterocycles. The van der Waals surface area contributed by atoms with Gasteiger partial charge in [-0.25, -0.2) is 0 Å². The van der Waals surface area contributed by atoms with Crippen molar-refractivity contribution in [2.24, 2.45) is 0 Å². The van der Waals surface area contributed by atoms with E-state index in [2.05, 4.69) is 87.6 Å². The van der Waals surface area contributed by atoms with E-state index in [0.29, 0.717) is 6.04 Å². The Morgan fingerprint density at radius 1 is 0.917 bits per heavy atom. The number of anilines is 1. The molecule has 2 heteroatoms. The molecule has 0 aromatic heterocycles. The Hall–Kier alpha value is -1.80. The molecule has 24 heavy (non-hydrogen) atoms. The molecule has 2 aromatic carbocycles. The van der Waals surface area contributed by atoms with Gasteiger partial charge in [0.2, 0.25) is 0 Å². The van der Waals surface area contributed by atoms with Gasteiger partial charge in [-0.3, -0.25) is 0 Å². The Balaban J connectivity index is 1.88. The predicted octanol–water partition coefficient (Wildman–Crippen LogP) is 4.75. The molecule has 2 aromatic rings. The minimum Gasteiger partial charge on any atom is -0.341 e. The first kappa shape index (κ1) is 15.7. The van der Waals surface area contributed by atoms with E-state index in [0.717, 1.165) is 23.7 Å². The van der Waals surface area contributed by atoms with Crippen molar-refractivity contribution in [2.45, 2.75) is 38.1 Å². The minimum absolute atomic E-state index is 0.553. The minimum atomic E-state index is 0.553. The highest BCUT2D eigenvalue weighted by molar-refractivity contribution is 9.10. The van der Waals surface area contributed by atoms with Crippen LogP contribution in [-0.4, -0.2) is 6.04 Å². The molecule has 2 aliphatic carbocycles. The van der Waals surface area contributed by atoms with E-state index in [1.54, 1.807) is 0 Å². The van der Waals surface area contributed by atoms with Gasteiger partial charge in [0.1, 0.15) is 0 Å². The van der Waals surface area contributed by atoms with E-state index >= 15 is 0 Å². The van der Waals surface area contributed by atoms with Gasteiger partial charge >= 0.3 is 0 Å². The molecule has 0 spiro atoms. The average Bonchev–Trinajstić information content (AvgIpc) is 2.65. The van der Waals surface area contributed by atoms with Crippen LogP contribution >= 0.6 is 15.9 Å². The van der Waals surface area contributed by atoms with Crippen LogP contribution in [0.25, 0.3) is 11.8 Å². The summed E-state index contributed by atoms with van der Waals surface area (Å²) >= 11 is 3.57. The summed E-state index contributed by atoms with van der Waals surface area (Å²) in [5, 5.41) is 2.79. The van der Waals surface area contributed by atoms with Crippen LogP contribution in [0.5, 0.6) is 0 Å². The van der Waals surface area contributed by atoms with E-state index in [9.17, 15) is 0 Å². The van der Waals surface area contributed by atoms with E-state index in [1.165, 1.54) is 34.7 Å². The van der Waals surface area contributed by atoms with E-state index in [1.807, 2.05) is 0 Å². The van der Waals surface area contributed by atoms with Gasteiger partial charge in [-0.15, -0.1) is 0 Å². The zero-order valence-electron chi connectivity index (χ0n) is 13.8. The average molecular weight is 380 g/mol. The van der Waals surface area contributed by atoms with Crippen molar-refractivity contribution in [3.63, 3.8) is 0 Å². The fourth-order valence-electron chi connectivity index (χ4n) is 3.89. The molecule has 1 nitrogen and oxygen atoms in total. The summed E-state index contributed by atoms with van der Waals surface area (Å²) in [7, 11) is 0. The molecular weight excluding hydrogens is 358 g/mol. The highest BCUT2D eigenvalue weighted by Crippen LogP contribution is 2.31. The van der Waals surface area contributed by atoms with Crippen LogP contribution in [0.3, 0.4) is 0 Å². The maximum absolute atomic E-state index is 3.57. The topological polar surface area (TPSA) is 3.24 Å². The molecule has 0 saturated heterocycles. The third-order valence-electron chi connectivity index (χ3n) is 5.02. The zero-order valence-corrected chi connectivity index (χ0v) is 15.4. The molecule has 1 atom stereocenters. The molecule has 122 valence electrons. The van der Waals surface area contributed by atoms with Crippen LogP contribution in [-0.2, 0) is 0 Å². The number of allylic oxidation sites excluding steroid dienone is 1. The fourth-order valence-corrected chi connectivity index (χ4v) is 4.15. The molecule has 0 bridgehead atoms. The Morgan fingerprint density at radius 3 is 2.54 bits per heavy atom. The number of fused-ring (bicyclic) bond motifs is 1. The summed E-state index contributed by atoms with van der Waals surface area (Å²) in [6.07, 6.45) is 12.8. The van der Waals surface area contributed by atoms with Crippen LogP contribution in [0.4, 0.5) is 5.69 Å². The monoisotopic (exact) mass is 379 g/mol. The van der Waals surface area contributed by atoms with Gasteiger partial charge in [0.05, 0.1) is 0 Å². The van der Waals surface area contributed by atoms with Gasteiger partial charge in [-0.1, -0.05) is 58.4 Å². The molecule has 2 aliphatic rings. The lowest BCUT2D eigenvalue weighted by Crippen LogP contribution is -2.42. The second-order valence-electron chi connectivity index (χ2n) is 6.56. The summed E-state index contributed by atoms with van der Waals surface area (Å²) < 4.78 is 1.14. The number of rotatable bonds is 3. The maximum atomic E-state index is 3.57. The highest BCUT2D eigenvalue weighted by Gasteiger charge is 2.24. The van der Waals surface area contributed by atoms with Crippen molar-refractivity contribution < 1.29 is 0 Å². The van der Waals surface area contributed by atoms with E-state index in [-0.39, 0.29) is 0 Å². The van der Waals surface area contributed by atoms with Gasteiger partial charge in [-0.2, -0.15) is 0 Å². The number of hydrogen-bond acceptors (Lipinski definition) is 1. The number of benzene rings is 2. The first-order valence-corrected chi connectivity index (χ1v) is 9.60. The Labute approximate surface area is 152 Å². The normalized spacial score (nSPS) is 19.5. The number of hydrogen-bond donors (Lipinski definition) is 0. The van der Waals surface area contributed by atoms with Gasteiger partial charge in [0.25, 0.3) is 0 Å². The molecule has 4 rings (SSSR count). The summed E-state index contributed by atoms with van der Waals surface area (Å²) in [5.74, 6) is 0. The van der Waals surface area contributed by atoms with E-state index in [4.69, 9.17) is 0 Å². The van der Waals surface area contributed by atoms with Crippen molar-refractivity contribution in [2.75, 3.05) is 4.90 Å². The summed E-state index contributed by atoms with van der Waals surface area (Å²) in [6, 6.07) is 18.2. The van der Waals surface area contributed by atoms with Crippen molar-refractivity contribution in [3.05, 3.63) is 75.6 Å². The lowest BCUT2D eigenvalue weighted by Gasteiger charge is -2.37. The number of nitrogens with zero attached hydrogens (tertiary/aromatic N) is 1. The van der Waals surface area contributed by atoms with Gasteiger partial charge in [0, 0.05) is 27.1 Å². The van der Waals surface area contributed by atoms with Crippen LogP contribution in [0.2, 0.25) is 0 Å². The largest absolute Gasteiger partial charge is 0.341 e. The van der Waals surface area contributed by atoms with Crippen LogP contribution in [0.15, 0.2) is 65.2 Å². The first-order valence-electron chi connectivity index (χ1n) is 8.81. The molecule has 1 unspecified atom stereocenters. The first-order chi connectivity index (χ1) is 11.8. The zero-order chi connectivity index (χ0) is 16.4. The summed E-state index contributed by atoms with van der Waals surface area (Å²) in [5.41, 5.74) is 2.79. The van der Waals surface area contributed by atoms with Crippen molar-refractivity contribution >= 4 is 33.4 Å². The third kappa shape index (κ3) is 3.08. The van der Waals surface area contributed by atoms with Gasteiger partial charge in [-0.05, 0) is 61.6 Å². The molecule has 0 aliphatic heterocycles. The standard InChI is InChI=1S/C22H22BrN/c23-18-13-15-20(16-14-18)24(19-9-2-1-3-10-19)22-12-6-8-17-7-4-5-11-21(17)22/h1-2,4-5,7-8,11,13-16,19H,3,6,9-10,12H2.